The molecule has 148 valence electrons. The van der Waals surface area contributed by atoms with E-state index in [9.17, 15) is 30.8 Å². The average Bonchev–Trinajstić information content (AvgIpc) is 2.81. The zero-order valence-electron chi connectivity index (χ0n) is 13.9. The highest BCUT2D eigenvalue weighted by Gasteiger charge is 2.40. The number of nitrogens with zero attached hydrogens (tertiary/aromatic N) is 1. The highest BCUT2D eigenvalue weighted by molar-refractivity contribution is 7.89. The number of carbonyl (C=O) groups excluding carboxylic acids is 1. The SMILES string of the molecule is C[C@@H](NS(=O)(=O)c1cn(C)c(C(=O)Nc2cccc(Cl)c2)c1F)C(F)(F)F. The lowest BCUT2D eigenvalue weighted by atomic mass is 10.3. The van der Waals surface area contributed by atoms with Crippen molar-refractivity contribution in [2.75, 3.05) is 5.32 Å². The van der Waals surface area contributed by atoms with E-state index in [1.54, 1.807) is 6.07 Å². The highest BCUT2D eigenvalue weighted by atomic mass is 35.5. The number of hydrogen-bond acceptors (Lipinski definition) is 3. The number of amides is 1. The van der Waals surface area contributed by atoms with Gasteiger partial charge in [-0.2, -0.15) is 17.9 Å². The monoisotopic (exact) mass is 427 g/mol. The molecule has 0 fully saturated rings. The van der Waals surface area contributed by atoms with E-state index in [4.69, 9.17) is 11.6 Å². The first kappa shape index (κ1) is 21.2. The second-order valence-corrected chi connectivity index (χ2v) is 7.73. The number of halogens is 5. The first-order valence-electron chi connectivity index (χ1n) is 7.33. The molecule has 1 heterocycles. The van der Waals surface area contributed by atoms with Crippen molar-refractivity contribution in [3.8, 4) is 0 Å². The molecule has 0 aliphatic carbocycles. The van der Waals surface area contributed by atoms with Crippen LogP contribution in [-0.2, 0) is 17.1 Å². The number of hydrogen-bond donors (Lipinski definition) is 2. The minimum atomic E-state index is -4.86. The number of aromatic nitrogens is 1. The van der Waals surface area contributed by atoms with Crippen molar-refractivity contribution in [1.82, 2.24) is 9.29 Å². The summed E-state index contributed by atoms with van der Waals surface area (Å²) in [5.41, 5.74) is -0.448. The maximum atomic E-state index is 14.6. The van der Waals surface area contributed by atoms with Crippen LogP contribution in [0.15, 0.2) is 35.4 Å². The molecule has 0 spiro atoms. The summed E-state index contributed by atoms with van der Waals surface area (Å²) in [6, 6.07) is 3.47. The standard InChI is InChI=1S/C15H14ClF4N3O3S/c1-8(15(18,19)20)22-27(25,26)11-7-23(2)13(12(11)17)14(24)21-10-5-3-4-9(16)6-10/h3-8,22H,1-2H3,(H,21,24)/t8-/m1/s1. The van der Waals surface area contributed by atoms with Gasteiger partial charge in [0.15, 0.2) is 5.82 Å². The van der Waals surface area contributed by atoms with Gasteiger partial charge >= 0.3 is 6.18 Å². The Bertz CT molecular complexity index is 973. The van der Waals surface area contributed by atoms with Gasteiger partial charge in [-0.1, -0.05) is 17.7 Å². The molecular weight excluding hydrogens is 414 g/mol. The number of aryl methyl sites for hydroxylation is 1. The van der Waals surface area contributed by atoms with E-state index in [-0.39, 0.29) is 5.69 Å². The van der Waals surface area contributed by atoms with E-state index in [0.29, 0.717) is 18.1 Å². The predicted octanol–water partition coefficient (Wildman–Crippen LogP) is 3.30. The average molecular weight is 428 g/mol. The lowest BCUT2D eigenvalue weighted by Crippen LogP contribution is -2.43. The predicted molar refractivity (Wildman–Crippen MR) is 90.6 cm³/mol. The van der Waals surface area contributed by atoms with Crippen molar-refractivity contribution in [2.24, 2.45) is 7.05 Å². The van der Waals surface area contributed by atoms with Crippen molar-refractivity contribution >= 4 is 33.2 Å². The molecule has 1 amide bonds. The van der Waals surface area contributed by atoms with Crippen LogP contribution in [0.5, 0.6) is 0 Å². The fraction of sp³-hybridized carbons (Fsp3) is 0.267. The van der Waals surface area contributed by atoms with Crippen LogP contribution in [0.1, 0.15) is 17.4 Å². The van der Waals surface area contributed by atoms with Crippen LogP contribution in [0.3, 0.4) is 0 Å². The third-order valence-electron chi connectivity index (χ3n) is 3.50. The maximum Gasteiger partial charge on any atom is 0.404 e. The van der Waals surface area contributed by atoms with Gasteiger partial charge in [-0.3, -0.25) is 4.79 Å². The van der Waals surface area contributed by atoms with E-state index in [1.807, 2.05) is 0 Å². The van der Waals surface area contributed by atoms with Gasteiger partial charge in [0.2, 0.25) is 10.0 Å². The van der Waals surface area contributed by atoms with Gasteiger partial charge in [0.1, 0.15) is 16.6 Å². The van der Waals surface area contributed by atoms with Gasteiger partial charge in [-0.05, 0) is 25.1 Å². The van der Waals surface area contributed by atoms with Crippen LogP contribution in [0.2, 0.25) is 5.02 Å². The first-order valence-corrected chi connectivity index (χ1v) is 9.20. The smallest absolute Gasteiger partial charge is 0.343 e. The van der Waals surface area contributed by atoms with E-state index in [0.717, 1.165) is 4.57 Å². The lowest BCUT2D eigenvalue weighted by molar-refractivity contribution is -0.147. The molecule has 0 saturated heterocycles. The van der Waals surface area contributed by atoms with Gasteiger partial charge in [-0.15, -0.1) is 0 Å². The Morgan fingerprint density at radius 3 is 2.48 bits per heavy atom. The Hall–Kier alpha value is -2.11. The third-order valence-corrected chi connectivity index (χ3v) is 5.26. The fourth-order valence-corrected chi connectivity index (χ4v) is 3.68. The summed E-state index contributed by atoms with van der Waals surface area (Å²) in [5.74, 6) is -2.47. The van der Waals surface area contributed by atoms with Crippen LogP contribution >= 0.6 is 11.6 Å². The van der Waals surface area contributed by atoms with Crippen LogP contribution in [0, 0.1) is 5.82 Å². The molecule has 2 N–H and O–H groups in total. The summed E-state index contributed by atoms with van der Waals surface area (Å²) in [6.45, 7) is 0.575. The van der Waals surface area contributed by atoms with Gasteiger partial charge in [0.25, 0.3) is 5.91 Å². The number of anilines is 1. The Morgan fingerprint density at radius 2 is 1.93 bits per heavy atom. The molecule has 6 nitrogen and oxygen atoms in total. The van der Waals surface area contributed by atoms with E-state index < -0.39 is 44.6 Å². The third kappa shape index (κ3) is 4.79. The normalized spacial score (nSPS) is 13.4. The molecule has 1 aromatic carbocycles. The fourth-order valence-electron chi connectivity index (χ4n) is 2.14. The summed E-state index contributed by atoms with van der Waals surface area (Å²) in [7, 11) is -3.67. The van der Waals surface area contributed by atoms with Crippen molar-refractivity contribution in [2.45, 2.75) is 24.0 Å². The van der Waals surface area contributed by atoms with Crippen molar-refractivity contribution in [3.05, 3.63) is 47.0 Å². The molecular formula is C15H14ClF4N3O3S. The zero-order valence-corrected chi connectivity index (χ0v) is 15.5. The summed E-state index contributed by atoms with van der Waals surface area (Å²) < 4.78 is 78.7. The Balaban J connectivity index is 2.34. The molecule has 2 rings (SSSR count). The molecule has 0 saturated carbocycles. The number of benzene rings is 1. The quantitative estimate of drug-likeness (QED) is 0.718. The summed E-state index contributed by atoms with van der Waals surface area (Å²) >= 11 is 5.78. The van der Waals surface area contributed by atoms with Gasteiger partial charge in [0.05, 0.1) is 0 Å². The molecule has 1 aromatic heterocycles. The maximum absolute atomic E-state index is 14.6. The minimum absolute atomic E-state index is 0.223. The lowest BCUT2D eigenvalue weighted by Gasteiger charge is -2.16. The van der Waals surface area contributed by atoms with Crippen LogP contribution < -0.4 is 10.0 Å². The molecule has 0 unspecified atom stereocenters. The van der Waals surface area contributed by atoms with Crippen molar-refractivity contribution in [3.63, 3.8) is 0 Å². The number of nitrogens with one attached hydrogen (secondary N) is 2. The number of alkyl halides is 3. The molecule has 12 heteroatoms. The topological polar surface area (TPSA) is 80.2 Å². The molecule has 1 atom stereocenters. The molecule has 0 bridgehead atoms. The second kappa shape index (κ2) is 7.49. The van der Waals surface area contributed by atoms with Gasteiger partial charge in [-0.25, -0.2) is 12.8 Å². The van der Waals surface area contributed by atoms with Crippen LogP contribution in [-0.4, -0.2) is 31.1 Å². The highest BCUT2D eigenvalue weighted by Crippen LogP contribution is 2.25. The van der Waals surface area contributed by atoms with Gasteiger partial charge in [0, 0.05) is 24.0 Å². The van der Waals surface area contributed by atoms with Crippen molar-refractivity contribution in [1.29, 1.82) is 0 Å². The summed E-state index contributed by atoms with van der Waals surface area (Å²) in [6.07, 6.45) is -4.14. The molecule has 27 heavy (non-hydrogen) atoms. The first-order chi connectivity index (χ1) is 12.3. The number of sulfonamides is 1. The Labute approximate surface area is 157 Å². The molecule has 2 aromatic rings. The molecule has 0 radical (unpaired) electrons. The number of carbonyl (C=O) groups is 1. The van der Waals surface area contributed by atoms with Gasteiger partial charge < -0.3 is 9.88 Å². The second-order valence-electron chi connectivity index (χ2n) is 5.62. The summed E-state index contributed by atoms with van der Waals surface area (Å²) in [4.78, 5) is 11.2. The molecule has 0 aliphatic heterocycles. The molecule has 0 aliphatic rings. The van der Waals surface area contributed by atoms with Crippen LogP contribution in [0.25, 0.3) is 0 Å². The number of rotatable bonds is 5. The Morgan fingerprint density at radius 1 is 1.30 bits per heavy atom. The Kier molecular flexibility index (Phi) is 5.88. The van der Waals surface area contributed by atoms with Crippen molar-refractivity contribution < 1.29 is 30.8 Å². The van der Waals surface area contributed by atoms with E-state index >= 15 is 0 Å². The summed E-state index contributed by atoms with van der Waals surface area (Å²) in [5, 5.41) is 2.63. The minimum Gasteiger partial charge on any atom is -0.343 e. The van der Waals surface area contributed by atoms with E-state index in [2.05, 4.69) is 5.32 Å². The largest absolute Gasteiger partial charge is 0.404 e. The van der Waals surface area contributed by atoms with Crippen LogP contribution in [0.4, 0.5) is 23.2 Å². The van der Waals surface area contributed by atoms with E-state index in [1.165, 1.54) is 30.0 Å². The zero-order chi connectivity index (χ0) is 20.6.